The van der Waals surface area contributed by atoms with Crippen molar-refractivity contribution < 1.29 is 25.2 Å². The second-order valence-electron chi connectivity index (χ2n) is 15.7. The molecule has 0 radical (unpaired) electrons. The molecule has 9 unspecified atom stereocenters. The molecular weight excluding hydrogens is 602 g/mol. The highest BCUT2D eigenvalue weighted by Gasteiger charge is 2.44. The number of aliphatic carboxylic acids is 1. The lowest BCUT2D eigenvalue weighted by Gasteiger charge is -2.28. The molecule has 0 aromatic heterocycles. The summed E-state index contributed by atoms with van der Waals surface area (Å²) in [5, 5.41) is 50.4. The molecule has 1 fully saturated rings. The van der Waals surface area contributed by atoms with E-state index in [-0.39, 0.29) is 24.4 Å². The van der Waals surface area contributed by atoms with Crippen LogP contribution < -0.4 is 16.4 Å². The summed E-state index contributed by atoms with van der Waals surface area (Å²) < 4.78 is 0. The summed E-state index contributed by atoms with van der Waals surface area (Å²) in [5.41, 5.74) is 6.33. The number of carboxylic acid groups (broad SMARTS) is 1. The second-order valence-corrected chi connectivity index (χ2v) is 15.7. The van der Waals surface area contributed by atoms with Crippen LogP contribution in [0, 0.1) is 29.6 Å². The van der Waals surface area contributed by atoms with Gasteiger partial charge in [0.25, 0.3) is 0 Å². The highest BCUT2D eigenvalue weighted by Crippen LogP contribution is 2.45. The van der Waals surface area contributed by atoms with Crippen molar-refractivity contribution in [1.29, 1.82) is 0 Å². The van der Waals surface area contributed by atoms with Crippen molar-refractivity contribution in [3.63, 3.8) is 0 Å². The lowest BCUT2D eigenvalue weighted by atomic mass is 9.81. The molecule has 276 valence electrons. The van der Waals surface area contributed by atoms with E-state index >= 15 is 0 Å². The largest absolute Gasteiger partial charge is 0.481 e. The number of rotatable bonds is 24. The number of nitrogens with one attached hydrogen (secondary N) is 2. The van der Waals surface area contributed by atoms with E-state index < -0.39 is 23.6 Å². The van der Waals surface area contributed by atoms with Crippen molar-refractivity contribution in [3.8, 4) is 0 Å². The predicted molar refractivity (Wildman–Crippen MR) is 196 cm³/mol. The Hall–Kier alpha value is -1.87. The Morgan fingerprint density at radius 1 is 1.00 bits per heavy atom. The van der Waals surface area contributed by atoms with Crippen molar-refractivity contribution >= 4 is 5.97 Å². The van der Waals surface area contributed by atoms with Crippen molar-refractivity contribution in [2.75, 3.05) is 13.1 Å². The summed E-state index contributed by atoms with van der Waals surface area (Å²) in [7, 11) is 0. The van der Waals surface area contributed by atoms with Gasteiger partial charge in [-0.2, -0.15) is 0 Å². The quantitative estimate of drug-likeness (QED) is 0.0430. The molecule has 0 bridgehead atoms. The van der Waals surface area contributed by atoms with Gasteiger partial charge < -0.3 is 36.8 Å². The minimum Gasteiger partial charge on any atom is -0.481 e. The molecule has 3 rings (SSSR count). The first-order valence-electron chi connectivity index (χ1n) is 19.7. The summed E-state index contributed by atoms with van der Waals surface area (Å²) in [6.45, 7) is 8.24. The van der Waals surface area contributed by atoms with Crippen molar-refractivity contribution in [2.45, 2.75) is 167 Å². The van der Waals surface area contributed by atoms with Gasteiger partial charge in [-0.15, -0.1) is 0 Å². The van der Waals surface area contributed by atoms with Crippen LogP contribution in [-0.4, -0.2) is 63.3 Å². The van der Waals surface area contributed by atoms with E-state index in [0.717, 1.165) is 57.9 Å². The molecule has 3 aliphatic rings. The third kappa shape index (κ3) is 14.2. The number of hydrogen-bond acceptors (Lipinski definition) is 7. The van der Waals surface area contributed by atoms with Gasteiger partial charge in [0.05, 0.1) is 29.5 Å². The van der Waals surface area contributed by atoms with E-state index in [9.17, 15) is 25.2 Å². The first-order valence-corrected chi connectivity index (χ1v) is 19.7. The molecule has 1 aliphatic heterocycles. The van der Waals surface area contributed by atoms with Crippen LogP contribution in [0.2, 0.25) is 0 Å². The fraction of sp³-hybridized carbons (Fsp3) is 0.825. The van der Waals surface area contributed by atoms with Crippen LogP contribution in [0.3, 0.4) is 0 Å². The van der Waals surface area contributed by atoms with Gasteiger partial charge in [0, 0.05) is 18.5 Å². The van der Waals surface area contributed by atoms with E-state index in [1.165, 1.54) is 44.1 Å². The highest BCUT2D eigenvalue weighted by atomic mass is 16.4. The fourth-order valence-electron chi connectivity index (χ4n) is 8.45. The Kier molecular flexibility index (Phi) is 18.1. The number of carbonyl (C=O) groups is 1. The van der Waals surface area contributed by atoms with Crippen molar-refractivity contribution in [1.82, 2.24) is 10.6 Å². The van der Waals surface area contributed by atoms with Crippen molar-refractivity contribution in [2.24, 2.45) is 35.3 Å². The molecule has 0 aromatic carbocycles. The van der Waals surface area contributed by atoms with Crippen LogP contribution in [0.15, 0.2) is 35.7 Å². The minimum atomic E-state index is -0.983. The maximum Gasteiger partial charge on any atom is 0.309 e. The van der Waals surface area contributed by atoms with E-state index in [2.05, 4.69) is 49.6 Å². The first kappa shape index (κ1) is 40.6. The second kappa shape index (κ2) is 21.4. The lowest BCUT2D eigenvalue weighted by molar-refractivity contribution is -0.146. The fourth-order valence-corrected chi connectivity index (χ4v) is 8.45. The van der Waals surface area contributed by atoms with Crippen LogP contribution in [0.25, 0.3) is 0 Å². The summed E-state index contributed by atoms with van der Waals surface area (Å²) in [6.07, 6.45) is 24.7. The van der Waals surface area contributed by atoms with Gasteiger partial charge in [-0.25, -0.2) is 0 Å². The number of unbranched alkanes of at least 4 members (excludes halogenated alkanes) is 6. The van der Waals surface area contributed by atoms with E-state index in [1.807, 2.05) is 6.08 Å². The number of carboxylic acids is 1. The number of nitrogens with two attached hydrogens (primary N) is 1. The number of dihydropyridines is 1. The summed E-state index contributed by atoms with van der Waals surface area (Å²) in [6, 6.07) is 0.426. The average molecular weight is 674 g/mol. The molecule has 1 saturated carbocycles. The van der Waals surface area contributed by atoms with Gasteiger partial charge in [-0.1, -0.05) is 89.9 Å². The minimum absolute atomic E-state index is 0.187. The third-order valence-electron chi connectivity index (χ3n) is 11.5. The molecule has 0 spiro atoms. The topological polar surface area (TPSA) is 148 Å². The van der Waals surface area contributed by atoms with E-state index in [0.29, 0.717) is 55.9 Å². The molecule has 0 aromatic rings. The summed E-state index contributed by atoms with van der Waals surface area (Å²) in [5.74, 6) is 0.152. The van der Waals surface area contributed by atoms with Gasteiger partial charge in [0.1, 0.15) is 0 Å². The molecular formula is C40H71N3O5. The molecule has 1 heterocycles. The zero-order chi connectivity index (χ0) is 34.9. The predicted octanol–water partition coefficient (Wildman–Crippen LogP) is 6.95. The van der Waals surface area contributed by atoms with Crippen LogP contribution in [0.4, 0.5) is 0 Å². The normalized spacial score (nSPS) is 29.2. The number of aliphatic hydroxyl groups excluding tert-OH is 2. The van der Waals surface area contributed by atoms with Gasteiger partial charge in [-0.3, -0.25) is 4.79 Å². The number of aliphatic hydroxyl groups is 3. The maximum atomic E-state index is 12.2. The molecule has 8 N–H and O–H groups in total. The number of hydrogen-bond donors (Lipinski definition) is 7. The SMILES string of the molecule is CCCCCC1C=CC(CCCCCC(C(=O)O)C(O)CCC2(O)CC(CNC(C)CCCCC)C(CC3=CCNC(N)=C3)C2)C(O)C1. The Morgan fingerprint density at radius 3 is 2.42 bits per heavy atom. The molecule has 2 aliphatic carbocycles. The van der Waals surface area contributed by atoms with Crippen molar-refractivity contribution in [3.05, 3.63) is 35.7 Å². The highest BCUT2D eigenvalue weighted by molar-refractivity contribution is 5.70. The summed E-state index contributed by atoms with van der Waals surface area (Å²) >= 11 is 0. The Balaban J connectivity index is 1.46. The van der Waals surface area contributed by atoms with E-state index in [4.69, 9.17) is 5.73 Å². The van der Waals surface area contributed by atoms with Gasteiger partial charge in [0.15, 0.2) is 0 Å². The van der Waals surface area contributed by atoms with Crippen LogP contribution >= 0.6 is 0 Å². The zero-order valence-electron chi connectivity index (χ0n) is 30.6. The van der Waals surface area contributed by atoms with Crippen LogP contribution in [0.5, 0.6) is 0 Å². The Morgan fingerprint density at radius 2 is 1.71 bits per heavy atom. The zero-order valence-corrected chi connectivity index (χ0v) is 30.6. The lowest BCUT2D eigenvalue weighted by Crippen LogP contribution is -2.34. The molecule has 9 atom stereocenters. The summed E-state index contributed by atoms with van der Waals surface area (Å²) in [4.78, 5) is 12.2. The molecule has 0 amide bonds. The third-order valence-corrected chi connectivity index (χ3v) is 11.5. The molecule has 0 saturated heterocycles. The van der Waals surface area contributed by atoms with Crippen LogP contribution in [-0.2, 0) is 4.79 Å². The smallest absolute Gasteiger partial charge is 0.309 e. The Labute approximate surface area is 292 Å². The van der Waals surface area contributed by atoms with Gasteiger partial charge in [-0.05, 0) is 107 Å². The molecule has 8 heteroatoms. The monoisotopic (exact) mass is 674 g/mol. The molecule has 8 nitrogen and oxygen atoms in total. The first-order chi connectivity index (χ1) is 23.0. The number of allylic oxidation sites excluding steroid dienone is 3. The molecule has 48 heavy (non-hydrogen) atoms. The van der Waals surface area contributed by atoms with E-state index in [1.54, 1.807) is 0 Å². The van der Waals surface area contributed by atoms with Gasteiger partial charge in [0.2, 0.25) is 0 Å². The Bertz CT molecular complexity index is 1030. The van der Waals surface area contributed by atoms with Crippen LogP contribution in [0.1, 0.15) is 143 Å². The maximum absolute atomic E-state index is 12.2. The van der Waals surface area contributed by atoms with Gasteiger partial charge >= 0.3 is 5.97 Å². The average Bonchev–Trinajstić information content (AvgIpc) is 3.36. The standard InChI is InChI=1S/C40H71N3O5/c1-4-6-9-13-29(3)43-28-34-27-40(48,26-33(34)23-31-20-22-42-38(41)25-31)21-19-36(44)35(39(46)47)16-12-8-11-15-32-18-17-30(24-37(32)45)14-10-7-5-2/h17-18,20,25,29-30,32-37,42-45,48H,4-16,19,21-24,26-28,41H2,1-3H3,(H,46,47).